The summed E-state index contributed by atoms with van der Waals surface area (Å²) >= 11 is 4.63. The van der Waals surface area contributed by atoms with E-state index in [0.717, 1.165) is 0 Å². The Morgan fingerprint density at radius 1 is 1.25 bits per heavy atom. The minimum atomic E-state index is -1.10. The van der Waals surface area contributed by atoms with E-state index in [-0.39, 0.29) is 10.7 Å². The quantitative estimate of drug-likeness (QED) is 0.448. The minimum Gasteiger partial charge on any atom is -0.478 e. The van der Waals surface area contributed by atoms with Crippen LogP contribution in [0.3, 0.4) is 0 Å². The van der Waals surface area contributed by atoms with Crippen LogP contribution in [0.1, 0.15) is 10.4 Å². The normalized spacial score (nSPS) is 14.4. The molecule has 0 spiro atoms. The molecule has 1 saturated heterocycles. The summed E-state index contributed by atoms with van der Waals surface area (Å²) in [4.78, 5) is 33.8. The van der Waals surface area contributed by atoms with Crippen molar-refractivity contribution in [2.24, 2.45) is 5.10 Å². The molecule has 0 bridgehead atoms. The molecule has 1 aliphatic rings. The van der Waals surface area contributed by atoms with Gasteiger partial charge in [0.1, 0.15) is 0 Å². The number of anilines is 1. The molecule has 2 rings (SSSR count). The number of carbonyl (C=O) groups excluding carboxylic acids is 2. The first kappa shape index (κ1) is 13.6. The molecule has 9 heteroatoms. The Labute approximate surface area is 117 Å². The molecular weight excluding hydrogens is 284 g/mol. The van der Waals surface area contributed by atoms with E-state index in [4.69, 9.17) is 5.11 Å². The number of amides is 2. The molecule has 0 unspecified atom stereocenters. The van der Waals surface area contributed by atoms with Gasteiger partial charge in [-0.2, -0.15) is 5.10 Å². The van der Waals surface area contributed by atoms with Gasteiger partial charge in [0.15, 0.2) is 5.11 Å². The molecule has 0 saturated carbocycles. The number of hydrazone groups is 1. The molecule has 2 amide bonds. The zero-order chi connectivity index (χ0) is 14.7. The lowest BCUT2D eigenvalue weighted by Crippen LogP contribution is -2.56. The molecule has 1 aromatic carbocycles. The van der Waals surface area contributed by atoms with E-state index >= 15 is 0 Å². The van der Waals surface area contributed by atoms with Gasteiger partial charge in [0.25, 0.3) is 11.8 Å². The predicted octanol–water partition coefficient (Wildman–Crippen LogP) is -0.316. The highest BCUT2D eigenvalue weighted by atomic mass is 32.1. The monoisotopic (exact) mass is 292 g/mol. The molecule has 102 valence electrons. The van der Waals surface area contributed by atoms with Crippen molar-refractivity contribution in [2.75, 3.05) is 5.43 Å². The van der Waals surface area contributed by atoms with Gasteiger partial charge in [0.2, 0.25) is 5.71 Å². The number of rotatable bonds is 3. The minimum absolute atomic E-state index is 0.0499. The van der Waals surface area contributed by atoms with Gasteiger partial charge in [-0.05, 0) is 30.4 Å². The van der Waals surface area contributed by atoms with E-state index in [2.05, 4.69) is 33.4 Å². The van der Waals surface area contributed by atoms with E-state index in [1.165, 1.54) is 18.2 Å². The van der Waals surface area contributed by atoms with Crippen LogP contribution in [0.5, 0.6) is 0 Å². The van der Waals surface area contributed by atoms with E-state index in [1.807, 2.05) is 0 Å². The Morgan fingerprint density at radius 2 is 1.90 bits per heavy atom. The van der Waals surface area contributed by atoms with E-state index in [0.29, 0.717) is 5.69 Å². The molecule has 4 N–H and O–H groups in total. The van der Waals surface area contributed by atoms with Crippen molar-refractivity contribution in [1.29, 1.82) is 0 Å². The van der Waals surface area contributed by atoms with Crippen LogP contribution in [0.25, 0.3) is 0 Å². The first-order chi connectivity index (χ1) is 9.47. The van der Waals surface area contributed by atoms with Gasteiger partial charge in [0.05, 0.1) is 11.3 Å². The van der Waals surface area contributed by atoms with Crippen LogP contribution < -0.4 is 16.1 Å². The average Bonchev–Trinajstić information content (AvgIpc) is 2.37. The summed E-state index contributed by atoms with van der Waals surface area (Å²) in [5, 5.41) is 16.8. The molecule has 0 aliphatic carbocycles. The van der Waals surface area contributed by atoms with Crippen molar-refractivity contribution >= 4 is 46.5 Å². The van der Waals surface area contributed by atoms with Crippen LogP contribution in [0.2, 0.25) is 0 Å². The van der Waals surface area contributed by atoms with Gasteiger partial charge in [-0.15, -0.1) is 0 Å². The van der Waals surface area contributed by atoms with E-state index < -0.39 is 23.5 Å². The fourth-order valence-corrected chi connectivity index (χ4v) is 1.59. The van der Waals surface area contributed by atoms with Gasteiger partial charge in [-0.1, -0.05) is 6.07 Å². The van der Waals surface area contributed by atoms with Crippen LogP contribution in [0, 0.1) is 0 Å². The third-order valence-corrected chi connectivity index (χ3v) is 2.49. The third-order valence-electron chi connectivity index (χ3n) is 2.29. The van der Waals surface area contributed by atoms with E-state index in [9.17, 15) is 14.4 Å². The fourth-order valence-electron chi connectivity index (χ4n) is 1.40. The van der Waals surface area contributed by atoms with Crippen LogP contribution in [0.4, 0.5) is 5.69 Å². The average molecular weight is 292 g/mol. The third kappa shape index (κ3) is 2.95. The van der Waals surface area contributed by atoms with Crippen molar-refractivity contribution in [3.8, 4) is 0 Å². The standard InChI is InChI=1S/C11H8N4O4S/c16-8-7(9(17)13-11(20)12-8)15-14-6-3-1-2-5(4-6)10(18)19/h1-4,14H,(H,18,19)(H2,12,13,16,17,20). The lowest BCUT2D eigenvalue weighted by Gasteiger charge is -2.15. The Kier molecular flexibility index (Phi) is 3.71. The summed E-state index contributed by atoms with van der Waals surface area (Å²) in [5.41, 5.74) is 2.42. The number of thiocarbonyl (C=S) groups is 1. The summed E-state index contributed by atoms with van der Waals surface area (Å²) < 4.78 is 0. The topological polar surface area (TPSA) is 120 Å². The first-order valence-electron chi connectivity index (χ1n) is 5.31. The Balaban J connectivity index is 2.18. The van der Waals surface area contributed by atoms with Gasteiger partial charge >= 0.3 is 5.97 Å². The molecule has 1 heterocycles. The zero-order valence-electron chi connectivity index (χ0n) is 9.84. The molecule has 0 aromatic heterocycles. The number of hydrogen-bond donors (Lipinski definition) is 4. The molecule has 8 nitrogen and oxygen atoms in total. The number of benzene rings is 1. The van der Waals surface area contributed by atoms with Gasteiger partial charge < -0.3 is 5.11 Å². The SMILES string of the molecule is O=C1NC(=S)NC(=O)C1=NNc1cccc(C(=O)O)c1. The number of carboxylic acid groups (broad SMARTS) is 1. The molecule has 1 aromatic rings. The highest BCUT2D eigenvalue weighted by Gasteiger charge is 2.27. The van der Waals surface area contributed by atoms with Crippen molar-refractivity contribution in [3.63, 3.8) is 0 Å². The maximum atomic E-state index is 11.5. The van der Waals surface area contributed by atoms with Gasteiger partial charge in [-0.25, -0.2) is 4.79 Å². The summed E-state index contributed by atoms with van der Waals surface area (Å²) in [6.07, 6.45) is 0. The lowest BCUT2D eigenvalue weighted by atomic mass is 10.2. The van der Waals surface area contributed by atoms with Crippen LogP contribution in [-0.2, 0) is 9.59 Å². The fraction of sp³-hybridized carbons (Fsp3) is 0. The van der Waals surface area contributed by atoms with Crippen molar-refractivity contribution in [1.82, 2.24) is 10.6 Å². The van der Waals surface area contributed by atoms with Crippen LogP contribution in [0.15, 0.2) is 29.4 Å². The second-order valence-electron chi connectivity index (χ2n) is 3.70. The summed E-state index contributed by atoms with van der Waals surface area (Å²) in [6.45, 7) is 0. The Morgan fingerprint density at radius 3 is 2.50 bits per heavy atom. The summed E-state index contributed by atoms with van der Waals surface area (Å²) in [5.74, 6) is -2.57. The molecule has 20 heavy (non-hydrogen) atoms. The number of nitrogens with zero attached hydrogens (tertiary/aromatic N) is 1. The highest BCUT2D eigenvalue weighted by molar-refractivity contribution is 7.80. The molecular formula is C11H8N4O4S. The molecule has 0 radical (unpaired) electrons. The molecule has 1 aliphatic heterocycles. The van der Waals surface area contributed by atoms with Crippen molar-refractivity contribution in [3.05, 3.63) is 29.8 Å². The second kappa shape index (κ2) is 5.45. The first-order valence-corrected chi connectivity index (χ1v) is 5.72. The Hall–Kier alpha value is -2.81. The van der Waals surface area contributed by atoms with Gasteiger partial charge in [-0.3, -0.25) is 25.6 Å². The number of hydrogen-bond acceptors (Lipinski definition) is 6. The maximum absolute atomic E-state index is 11.5. The lowest BCUT2D eigenvalue weighted by molar-refractivity contribution is -0.118. The van der Waals surface area contributed by atoms with Gasteiger partial charge in [0, 0.05) is 0 Å². The maximum Gasteiger partial charge on any atom is 0.335 e. The van der Waals surface area contributed by atoms with Crippen molar-refractivity contribution < 1.29 is 19.5 Å². The number of carboxylic acids is 1. The number of nitrogens with one attached hydrogen (secondary N) is 3. The molecule has 0 atom stereocenters. The van der Waals surface area contributed by atoms with E-state index in [1.54, 1.807) is 6.07 Å². The smallest absolute Gasteiger partial charge is 0.335 e. The number of aromatic carboxylic acids is 1. The summed E-state index contributed by atoms with van der Waals surface area (Å²) in [7, 11) is 0. The highest BCUT2D eigenvalue weighted by Crippen LogP contribution is 2.10. The second-order valence-corrected chi connectivity index (χ2v) is 4.10. The number of carbonyl (C=O) groups is 3. The van der Waals surface area contributed by atoms with Crippen LogP contribution in [-0.4, -0.2) is 33.7 Å². The Bertz CT molecular complexity index is 634. The zero-order valence-corrected chi connectivity index (χ0v) is 10.7. The predicted molar refractivity (Wildman–Crippen MR) is 73.3 cm³/mol. The van der Waals surface area contributed by atoms with Crippen molar-refractivity contribution in [2.45, 2.75) is 0 Å². The molecule has 1 fully saturated rings. The van der Waals surface area contributed by atoms with Crippen LogP contribution >= 0.6 is 12.2 Å². The largest absolute Gasteiger partial charge is 0.478 e. The summed E-state index contributed by atoms with van der Waals surface area (Å²) in [6, 6.07) is 5.76.